The van der Waals surface area contributed by atoms with Gasteiger partial charge in [0.15, 0.2) is 0 Å². The van der Waals surface area contributed by atoms with Crippen LogP contribution in [0.2, 0.25) is 0 Å². The molecule has 0 aliphatic rings. The highest BCUT2D eigenvalue weighted by molar-refractivity contribution is 5.78. The number of benzene rings is 1. The lowest BCUT2D eigenvalue weighted by Crippen LogP contribution is -2.25. The molecule has 0 amide bonds. The summed E-state index contributed by atoms with van der Waals surface area (Å²) in [4.78, 5) is 11.6. The number of rotatable bonds is 5. The number of methoxy groups -OCH3 is 1. The van der Waals surface area contributed by atoms with E-state index in [0.717, 1.165) is 12.1 Å². The van der Waals surface area contributed by atoms with Gasteiger partial charge in [-0.15, -0.1) is 0 Å². The molecular weight excluding hydrogens is 244 g/mol. The predicted octanol–water partition coefficient (Wildman–Crippen LogP) is 1.58. The van der Waals surface area contributed by atoms with Crippen molar-refractivity contribution in [2.75, 3.05) is 20.3 Å². The number of hydrogen-bond acceptors (Lipinski definition) is 4. The smallest absolute Gasteiger partial charge is 0.314 e. The zero-order valence-corrected chi connectivity index (χ0v) is 10.2. The third-order valence-electron chi connectivity index (χ3n) is 2.44. The van der Waals surface area contributed by atoms with E-state index >= 15 is 0 Å². The summed E-state index contributed by atoms with van der Waals surface area (Å²) < 4.78 is 37.0. The highest BCUT2D eigenvalue weighted by Gasteiger charge is 2.27. The Hall–Kier alpha value is -1.69. The highest BCUT2D eigenvalue weighted by atomic mass is 19.1. The normalized spacial score (nSPS) is 12.1. The maximum Gasteiger partial charge on any atom is 0.314 e. The molecule has 6 heteroatoms. The van der Waals surface area contributed by atoms with Gasteiger partial charge >= 0.3 is 5.97 Å². The van der Waals surface area contributed by atoms with Crippen LogP contribution in [0.4, 0.5) is 8.78 Å². The summed E-state index contributed by atoms with van der Waals surface area (Å²) in [6.07, 6.45) is 0. The van der Waals surface area contributed by atoms with Crippen LogP contribution < -0.4 is 10.5 Å². The average Bonchev–Trinajstić information content (AvgIpc) is 2.33. The molecule has 2 N–H and O–H groups in total. The monoisotopic (exact) mass is 259 g/mol. The van der Waals surface area contributed by atoms with E-state index in [4.69, 9.17) is 15.2 Å². The summed E-state index contributed by atoms with van der Waals surface area (Å²) in [6, 6.07) is 2.00. The first-order chi connectivity index (χ1) is 8.54. The number of nitrogens with two attached hydrogens (primary N) is 1. The molecule has 0 aromatic heterocycles. The minimum Gasteiger partial charge on any atom is -0.497 e. The van der Waals surface area contributed by atoms with Gasteiger partial charge in [0.2, 0.25) is 0 Å². The Morgan fingerprint density at radius 2 is 1.94 bits per heavy atom. The number of esters is 1. The van der Waals surface area contributed by atoms with Crippen LogP contribution in [-0.4, -0.2) is 26.2 Å². The van der Waals surface area contributed by atoms with E-state index < -0.39 is 29.1 Å². The maximum atomic E-state index is 13.8. The van der Waals surface area contributed by atoms with Crippen LogP contribution in [0.25, 0.3) is 0 Å². The molecule has 0 radical (unpaired) electrons. The summed E-state index contributed by atoms with van der Waals surface area (Å²) in [5.41, 5.74) is 4.99. The fourth-order valence-corrected chi connectivity index (χ4v) is 1.59. The van der Waals surface area contributed by atoms with E-state index in [2.05, 4.69) is 0 Å². The SMILES string of the molecule is CCOC(=O)C(CN)c1c(F)cc(OC)cc1F. The molecule has 0 aliphatic heterocycles. The lowest BCUT2D eigenvalue weighted by atomic mass is 9.98. The summed E-state index contributed by atoms with van der Waals surface area (Å²) >= 11 is 0. The van der Waals surface area contributed by atoms with Crippen LogP contribution >= 0.6 is 0 Å². The molecule has 0 saturated heterocycles. The van der Waals surface area contributed by atoms with Gasteiger partial charge in [-0.2, -0.15) is 0 Å². The van der Waals surface area contributed by atoms with Crippen molar-refractivity contribution < 1.29 is 23.0 Å². The molecule has 1 atom stereocenters. The van der Waals surface area contributed by atoms with Gasteiger partial charge in [-0.25, -0.2) is 8.78 Å². The van der Waals surface area contributed by atoms with Crippen molar-refractivity contribution in [1.82, 2.24) is 0 Å². The van der Waals surface area contributed by atoms with Crippen LogP contribution in [0.5, 0.6) is 5.75 Å². The standard InChI is InChI=1S/C12H15F2NO3/c1-3-18-12(16)8(6-15)11-9(13)4-7(17-2)5-10(11)14/h4-5,8H,3,6,15H2,1-2H3. The van der Waals surface area contributed by atoms with Gasteiger partial charge in [-0.1, -0.05) is 0 Å². The number of halogens is 2. The second-order valence-electron chi connectivity index (χ2n) is 3.55. The van der Waals surface area contributed by atoms with E-state index in [1.54, 1.807) is 6.92 Å². The number of carbonyl (C=O) groups excluding carboxylic acids is 1. The molecular formula is C12H15F2NO3. The Balaban J connectivity index is 3.17. The fourth-order valence-electron chi connectivity index (χ4n) is 1.59. The van der Waals surface area contributed by atoms with Crippen LogP contribution in [0.3, 0.4) is 0 Å². The summed E-state index contributed by atoms with van der Waals surface area (Å²) in [7, 11) is 1.29. The largest absolute Gasteiger partial charge is 0.497 e. The molecule has 1 aromatic carbocycles. The van der Waals surface area contributed by atoms with Gasteiger partial charge in [0.05, 0.1) is 19.6 Å². The van der Waals surface area contributed by atoms with E-state index in [1.165, 1.54) is 7.11 Å². The average molecular weight is 259 g/mol. The Labute approximate surface area is 104 Å². The van der Waals surface area contributed by atoms with Gasteiger partial charge in [0.25, 0.3) is 0 Å². The van der Waals surface area contributed by atoms with Crippen molar-refractivity contribution >= 4 is 5.97 Å². The predicted molar refractivity (Wildman–Crippen MR) is 61.3 cm³/mol. The Bertz CT molecular complexity index is 414. The van der Waals surface area contributed by atoms with Crippen molar-refractivity contribution in [3.05, 3.63) is 29.3 Å². The molecule has 18 heavy (non-hydrogen) atoms. The minimum absolute atomic E-state index is 0.0355. The maximum absolute atomic E-state index is 13.8. The van der Waals surface area contributed by atoms with Crippen molar-refractivity contribution in [3.63, 3.8) is 0 Å². The molecule has 1 rings (SSSR count). The van der Waals surface area contributed by atoms with Gasteiger partial charge in [0, 0.05) is 24.2 Å². The second-order valence-corrected chi connectivity index (χ2v) is 3.55. The lowest BCUT2D eigenvalue weighted by molar-refractivity contribution is -0.144. The van der Waals surface area contributed by atoms with E-state index in [0.29, 0.717) is 0 Å². The van der Waals surface area contributed by atoms with E-state index in [1.807, 2.05) is 0 Å². The Kier molecular flexibility index (Phi) is 5.03. The van der Waals surface area contributed by atoms with Gasteiger partial charge < -0.3 is 15.2 Å². The van der Waals surface area contributed by atoms with Crippen molar-refractivity contribution in [2.45, 2.75) is 12.8 Å². The van der Waals surface area contributed by atoms with Crippen LogP contribution in [0.15, 0.2) is 12.1 Å². The number of hydrogen-bond donors (Lipinski definition) is 1. The zero-order valence-electron chi connectivity index (χ0n) is 10.2. The quantitative estimate of drug-likeness (QED) is 0.815. The Morgan fingerprint density at radius 3 is 2.33 bits per heavy atom. The molecule has 0 heterocycles. The zero-order chi connectivity index (χ0) is 13.7. The molecule has 1 aromatic rings. The van der Waals surface area contributed by atoms with Gasteiger partial charge in [-0.05, 0) is 6.92 Å². The second kappa shape index (κ2) is 6.30. The molecule has 4 nitrogen and oxygen atoms in total. The van der Waals surface area contributed by atoms with Crippen molar-refractivity contribution in [1.29, 1.82) is 0 Å². The van der Waals surface area contributed by atoms with Gasteiger partial charge in [0.1, 0.15) is 17.4 Å². The van der Waals surface area contributed by atoms with E-state index in [9.17, 15) is 13.6 Å². The summed E-state index contributed by atoms with van der Waals surface area (Å²) in [5.74, 6) is -3.63. The first-order valence-electron chi connectivity index (χ1n) is 5.44. The Morgan fingerprint density at radius 1 is 1.39 bits per heavy atom. The molecule has 0 spiro atoms. The molecule has 100 valence electrons. The molecule has 0 saturated carbocycles. The molecule has 0 aliphatic carbocycles. The van der Waals surface area contributed by atoms with Crippen LogP contribution in [0, 0.1) is 11.6 Å². The molecule has 0 bridgehead atoms. The van der Waals surface area contributed by atoms with Crippen molar-refractivity contribution in [3.8, 4) is 5.75 Å². The third-order valence-corrected chi connectivity index (χ3v) is 2.44. The number of ether oxygens (including phenoxy) is 2. The third kappa shape index (κ3) is 2.95. The van der Waals surface area contributed by atoms with Crippen LogP contribution in [0.1, 0.15) is 18.4 Å². The minimum atomic E-state index is -1.16. The van der Waals surface area contributed by atoms with Gasteiger partial charge in [-0.3, -0.25) is 4.79 Å². The summed E-state index contributed by atoms with van der Waals surface area (Å²) in [6.45, 7) is 1.49. The summed E-state index contributed by atoms with van der Waals surface area (Å²) in [5, 5.41) is 0. The van der Waals surface area contributed by atoms with Crippen molar-refractivity contribution in [2.24, 2.45) is 5.73 Å². The molecule has 1 unspecified atom stereocenters. The first kappa shape index (κ1) is 14.4. The lowest BCUT2D eigenvalue weighted by Gasteiger charge is -2.16. The highest BCUT2D eigenvalue weighted by Crippen LogP contribution is 2.27. The van der Waals surface area contributed by atoms with E-state index in [-0.39, 0.29) is 18.9 Å². The first-order valence-corrected chi connectivity index (χ1v) is 5.44. The topological polar surface area (TPSA) is 61.5 Å². The van der Waals surface area contributed by atoms with Crippen LogP contribution in [-0.2, 0) is 9.53 Å². The fraction of sp³-hybridized carbons (Fsp3) is 0.417. The molecule has 0 fully saturated rings. The number of carbonyl (C=O) groups is 1.